The zero-order chi connectivity index (χ0) is 15.8. The molecule has 2 N–H and O–H groups in total. The Hall–Kier alpha value is -1.60. The Kier molecular flexibility index (Phi) is 4.25. The first-order valence-corrected chi connectivity index (χ1v) is 8.22. The first kappa shape index (κ1) is 15.8. The highest BCUT2D eigenvalue weighted by molar-refractivity contribution is 7.89. The molecule has 7 heteroatoms. The van der Waals surface area contributed by atoms with Gasteiger partial charge in [0, 0.05) is 25.8 Å². The first-order chi connectivity index (χ1) is 9.71. The molecule has 6 nitrogen and oxygen atoms in total. The molecule has 0 radical (unpaired) electrons. The molecule has 0 spiro atoms. The molecule has 1 aliphatic carbocycles. The van der Waals surface area contributed by atoms with Gasteiger partial charge in [0.1, 0.15) is 0 Å². The van der Waals surface area contributed by atoms with Gasteiger partial charge in [-0.1, -0.05) is 6.92 Å². The second kappa shape index (κ2) is 5.65. The van der Waals surface area contributed by atoms with Crippen molar-refractivity contribution in [2.75, 3.05) is 19.4 Å². The van der Waals surface area contributed by atoms with Crippen molar-refractivity contribution in [3.05, 3.63) is 23.8 Å². The van der Waals surface area contributed by atoms with Crippen LogP contribution in [0.25, 0.3) is 0 Å². The number of sulfonamides is 1. The third kappa shape index (κ3) is 3.19. The SMILES string of the molecule is CC1CC(Nc2ccc(S(=O)(=O)N(C)C)cc2C(=O)O)C1. The van der Waals surface area contributed by atoms with Crippen molar-refractivity contribution in [3.63, 3.8) is 0 Å². The molecule has 116 valence electrons. The number of nitrogens with zero attached hydrogens (tertiary/aromatic N) is 1. The minimum Gasteiger partial charge on any atom is -0.478 e. The maximum atomic E-state index is 12.1. The summed E-state index contributed by atoms with van der Waals surface area (Å²) in [5.41, 5.74) is 0.453. The molecule has 1 aromatic rings. The maximum absolute atomic E-state index is 12.1. The van der Waals surface area contributed by atoms with Gasteiger partial charge in [-0.2, -0.15) is 0 Å². The molecular weight excluding hydrogens is 292 g/mol. The van der Waals surface area contributed by atoms with Gasteiger partial charge in [-0.25, -0.2) is 17.5 Å². The number of carboxylic acid groups (broad SMARTS) is 1. The Balaban J connectivity index is 2.34. The molecule has 0 aliphatic heterocycles. The van der Waals surface area contributed by atoms with E-state index in [2.05, 4.69) is 12.2 Å². The Labute approximate surface area is 124 Å². The van der Waals surface area contributed by atoms with Crippen LogP contribution in [0.5, 0.6) is 0 Å². The summed E-state index contributed by atoms with van der Waals surface area (Å²) in [7, 11) is -0.808. The predicted octanol–water partition coefficient (Wildman–Crippen LogP) is 1.85. The lowest BCUT2D eigenvalue weighted by atomic mass is 9.81. The molecule has 0 heterocycles. The van der Waals surface area contributed by atoms with Gasteiger partial charge in [-0.05, 0) is 37.0 Å². The number of nitrogens with one attached hydrogen (secondary N) is 1. The van der Waals surface area contributed by atoms with Crippen molar-refractivity contribution in [3.8, 4) is 0 Å². The van der Waals surface area contributed by atoms with Crippen LogP contribution in [0.2, 0.25) is 0 Å². The highest BCUT2D eigenvalue weighted by Crippen LogP contribution is 2.31. The van der Waals surface area contributed by atoms with Crippen LogP contribution < -0.4 is 5.32 Å². The van der Waals surface area contributed by atoms with Gasteiger partial charge >= 0.3 is 5.97 Å². The number of hydrogen-bond acceptors (Lipinski definition) is 4. The van der Waals surface area contributed by atoms with Crippen molar-refractivity contribution >= 4 is 21.7 Å². The van der Waals surface area contributed by atoms with Crippen molar-refractivity contribution in [1.82, 2.24) is 4.31 Å². The molecule has 0 amide bonds. The largest absolute Gasteiger partial charge is 0.478 e. The Morgan fingerprint density at radius 3 is 2.43 bits per heavy atom. The summed E-state index contributed by atoms with van der Waals surface area (Å²) in [6.07, 6.45) is 1.99. The fraction of sp³-hybridized carbons (Fsp3) is 0.500. The zero-order valence-corrected chi connectivity index (χ0v) is 13.1. The van der Waals surface area contributed by atoms with Crippen LogP contribution in [0.4, 0.5) is 5.69 Å². The average molecular weight is 312 g/mol. The van der Waals surface area contributed by atoms with Crippen LogP contribution >= 0.6 is 0 Å². The lowest BCUT2D eigenvalue weighted by Gasteiger charge is -2.34. The average Bonchev–Trinajstić information content (AvgIpc) is 2.36. The molecule has 1 aromatic carbocycles. The molecule has 1 aliphatic rings. The molecule has 0 atom stereocenters. The number of benzene rings is 1. The summed E-state index contributed by atoms with van der Waals surface area (Å²) in [5.74, 6) is -0.496. The van der Waals surface area contributed by atoms with E-state index in [4.69, 9.17) is 0 Å². The monoisotopic (exact) mass is 312 g/mol. The topological polar surface area (TPSA) is 86.7 Å². The van der Waals surface area contributed by atoms with Crippen LogP contribution in [0.1, 0.15) is 30.1 Å². The maximum Gasteiger partial charge on any atom is 0.337 e. The van der Waals surface area contributed by atoms with Crippen molar-refractivity contribution < 1.29 is 18.3 Å². The molecule has 0 unspecified atom stereocenters. The van der Waals surface area contributed by atoms with E-state index >= 15 is 0 Å². The summed E-state index contributed by atoms with van der Waals surface area (Å²) >= 11 is 0. The van der Waals surface area contributed by atoms with E-state index in [1.807, 2.05) is 0 Å². The second-order valence-corrected chi connectivity index (χ2v) is 7.87. The van der Waals surface area contributed by atoms with Crippen molar-refractivity contribution in [2.45, 2.75) is 30.7 Å². The number of rotatable bonds is 5. The zero-order valence-electron chi connectivity index (χ0n) is 12.3. The smallest absolute Gasteiger partial charge is 0.337 e. The molecule has 21 heavy (non-hydrogen) atoms. The van der Waals surface area contributed by atoms with Gasteiger partial charge in [0.25, 0.3) is 0 Å². The Morgan fingerprint density at radius 2 is 1.95 bits per heavy atom. The van der Waals surface area contributed by atoms with E-state index < -0.39 is 16.0 Å². The van der Waals surface area contributed by atoms with E-state index in [-0.39, 0.29) is 16.5 Å². The van der Waals surface area contributed by atoms with Gasteiger partial charge in [-0.15, -0.1) is 0 Å². The molecular formula is C14H20N2O4S. The van der Waals surface area contributed by atoms with E-state index in [0.29, 0.717) is 11.6 Å². The Morgan fingerprint density at radius 1 is 1.33 bits per heavy atom. The fourth-order valence-corrected chi connectivity index (χ4v) is 3.37. The Bertz CT molecular complexity index is 649. The molecule has 0 bridgehead atoms. The summed E-state index contributed by atoms with van der Waals surface area (Å²) in [6.45, 7) is 2.14. The van der Waals surface area contributed by atoms with Crippen molar-refractivity contribution in [1.29, 1.82) is 0 Å². The van der Waals surface area contributed by atoms with Crippen LogP contribution in [0.15, 0.2) is 23.1 Å². The first-order valence-electron chi connectivity index (χ1n) is 6.78. The highest BCUT2D eigenvalue weighted by atomic mass is 32.2. The summed E-state index contributed by atoms with van der Waals surface area (Å²) < 4.78 is 25.2. The van der Waals surface area contributed by atoms with Crippen LogP contribution in [0, 0.1) is 5.92 Å². The molecule has 2 rings (SSSR count). The number of aromatic carboxylic acids is 1. The lowest BCUT2D eigenvalue weighted by molar-refractivity contribution is 0.0697. The van der Waals surface area contributed by atoms with E-state index in [0.717, 1.165) is 17.1 Å². The third-order valence-corrected chi connectivity index (χ3v) is 5.54. The highest BCUT2D eigenvalue weighted by Gasteiger charge is 2.27. The fourth-order valence-electron chi connectivity index (χ4n) is 2.44. The summed E-state index contributed by atoms with van der Waals surface area (Å²) in [4.78, 5) is 11.4. The number of anilines is 1. The van der Waals surface area contributed by atoms with Crippen LogP contribution in [0.3, 0.4) is 0 Å². The number of carbonyl (C=O) groups is 1. The van der Waals surface area contributed by atoms with Crippen LogP contribution in [-0.4, -0.2) is 43.9 Å². The standard InChI is InChI=1S/C14H20N2O4S/c1-9-6-10(7-9)15-13-5-4-11(8-12(13)14(17)18)21(19,20)16(2)3/h4-5,8-10,15H,6-7H2,1-3H3,(H,17,18). The van der Waals surface area contributed by atoms with E-state index in [1.165, 1.54) is 32.3 Å². The van der Waals surface area contributed by atoms with Gasteiger partial charge in [0.05, 0.1) is 10.5 Å². The van der Waals surface area contributed by atoms with E-state index in [1.54, 1.807) is 0 Å². The number of hydrogen-bond donors (Lipinski definition) is 2. The minimum atomic E-state index is -3.64. The second-order valence-electron chi connectivity index (χ2n) is 5.72. The van der Waals surface area contributed by atoms with Gasteiger partial charge in [0.2, 0.25) is 10.0 Å². The summed E-state index contributed by atoms with van der Waals surface area (Å²) in [6, 6.07) is 4.44. The molecule has 0 aromatic heterocycles. The third-order valence-electron chi connectivity index (χ3n) is 3.73. The molecule has 0 saturated heterocycles. The van der Waals surface area contributed by atoms with Gasteiger partial charge in [-0.3, -0.25) is 0 Å². The van der Waals surface area contributed by atoms with E-state index in [9.17, 15) is 18.3 Å². The molecule has 1 fully saturated rings. The van der Waals surface area contributed by atoms with Crippen LogP contribution in [-0.2, 0) is 10.0 Å². The number of carboxylic acids is 1. The molecule has 1 saturated carbocycles. The quantitative estimate of drug-likeness (QED) is 0.866. The van der Waals surface area contributed by atoms with Crippen molar-refractivity contribution in [2.24, 2.45) is 5.92 Å². The normalized spacial score (nSPS) is 21.9. The predicted molar refractivity (Wildman–Crippen MR) is 80.1 cm³/mol. The van der Waals surface area contributed by atoms with Gasteiger partial charge < -0.3 is 10.4 Å². The lowest BCUT2D eigenvalue weighted by Crippen LogP contribution is -2.34. The summed E-state index contributed by atoms with van der Waals surface area (Å²) in [5, 5.41) is 12.5. The van der Waals surface area contributed by atoms with Gasteiger partial charge in [0.15, 0.2) is 0 Å². The minimum absolute atomic E-state index is 0.0162.